The Morgan fingerprint density at radius 3 is 1.58 bits per heavy atom. The topological polar surface area (TPSA) is 327 Å². The molecule has 29 heteroatoms. The molecule has 2 unspecified atom stereocenters. The second kappa shape index (κ2) is 40.6. The standard InChI is InChI=1S/C59H94N2O24S3/c1-58(2,3)52-46-49(85-55-45-48(11-13-51(52)55)60(17-8-44-87(67,68)69)18-21-75-26-29-79-34-37-83-40-39-81-32-31-77-24-23-73-5)9-6-10-56-59(4,16-7-43-86(64,65)66)53-47-50(88(70,71)72)12-14-54(53)61(56)19-22-76-27-30-80-35-38-84-42-41-82-36-33-78-28-25-74-20-15-57(62)63/h6,9-14,45-47,49H,7-8,15-44H2,1-5H3,(H,62,63)(H,64,65,66)(H,67,68,69)(H,70,71,72)/b9-6+,56-10+. The summed E-state index contributed by atoms with van der Waals surface area (Å²) in [6.07, 6.45) is 7.18. The first-order valence-electron chi connectivity index (χ1n) is 29.5. The van der Waals surface area contributed by atoms with Gasteiger partial charge in [-0.15, -0.1) is 0 Å². The molecular formula is C59H94N2O24S3. The van der Waals surface area contributed by atoms with Crippen LogP contribution in [-0.4, -0.2) is 246 Å². The van der Waals surface area contributed by atoms with E-state index in [1.54, 1.807) is 13.2 Å². The highest BCUT2D eigenvalue weighted by atomic mass is 32.2. The van der Waals surface area contributed by atoms with Gasteiger partial charge in [0, 0.05) is 60.9 Å². The van der Waals surface area contributed by atoms with E-state index < -0.39 is 59.3 Å². The number of ether oxygens (including phenoxy) is 13. The first-order chi connectivity index (χ1) is 41.9. The highest BCUT2D eigenvalue weighted by molar-refractivity contribution is 7.86. The van der Waals surface area contributed by atoms with Gasteiger partial charge in [0.2, 0.25) is 0 Å². The van der Waals surface area contributed by atoms with Gasteiger partial charge in [-0.1, -0.05) is 26.8 Å². The van der Waals surface area contributed by atoms with Crippen LogP contribution >= 0.6 is 0 Å². The minimum Gasteiger partial charge on any atom is -0.482 e. The number of fused-ring (bicyclic) bond motifs is 2. The lowest BCUT2D eigenvalue weighted by Gasteiger charge is -2.33. The molecule has 502 valence electrons. The second-order valence-electron chi connectivity index (χ2n) is 21.6. The lowest BCUT2D eigenvalue weighted by atomic mass is 9.77. The molecule has 0 aromatic heterocycles. The number of nitrogens with zero attached hydrogens (tertiary/aromatic N) is 2. The van der Waals surface area contributed by atoms with Crippen molar-refractivity contribution in [3.63, 3.8) is 0 Å². The lowest BCUT2D eigenvalue weighted by molar-refractivity contribution is -0.138. The molecule has 0 radical (unpaired) electrons. The summed E-state index contributed by atoms with van der Waals surface area (Å²) < 4.78 is 175. The zero-order valence-corrected chi connectivity index (χ0v) is 54.0. The first kappa shape index (κ1) is 76.2. The Morgan fingerprint density at radius 2 is 1.10 bits per heavy atom. The van der Waals surface area contributed by atoms with Gasteiger partial charge in [0.1, 0.15) is 11.9 Å². The molecule has 0 bridgehead atoms. The van der Waals surface area contributed by atoms with Crippen molar-refractivity contribution in [1.82, 2.24) is 0 Å². The number of carboxylic acids is 1. The highest BCUT2D eigenvalue weighted by Gasteiger charge is 2.44. The average Bonchev–Trinajstić information content (AvgIpc) is 1.63. The molecule has 0 fully saturated rings. The fraction of sp³-hybridized carbons (Fsp3) is 0.678. The van der Waals surface area contributed by atoms with Crippen molar-refractivity contribution in [3.05, 3.63) is 77.5 Å². The van der Waals surface area contributed by atoms with Gasteiger partial charge < -0.3 is 76.5 Å². The number of rotatable bonds is 51. The smallest absolute Gasteiger partial charge is 0.305 e. The summed E-state index contributed by atoms with van der Waals surface area (Å²) in [5.41, 5.74) is 2.97. The van der Waals surface area contributed by atoms with E-state index >= 15 is 0 Å². The molecule has 2 aromatic carbocycles. The van der Waals surface area contributed by atoms with Gasteiger partial charge in [0.05, 0.1) is 175 Å². The number of aliphatic carboxylic acids is 1. The van der Waals surface area contributed by atoms with Gasteiger partial charge in [-0.25, -0.2) is 0 Å². The van der Waals surface area contributed by atoms with E-state index in [1.807, 2.05) is 59.2 Å². The van der Waals surface area contributed by atoms with Crippen molar-refractivity contribution >= 4 is 53.3 Å². The van der Waals surface area contributed by atoms with E-state index in [0.29, 0.717) is 148 Å². The fourth-order valence-electron chi connectivity index (χ4n) is 9.40. The van der Waals surface area contributed by atoms with Crippen molar-refractivity contribution in [3.8, 4) is 5.75 Å². The molecule has 4 rings (SSSR count). The van der Waals surface area contributed by atoms with Gasteiger partial charge in [0.15, 0.2) is 0 Å². The predicted octanol–water partition coefficient (Wildman–Crippen LogP) is 5.40. The number of allylic oxidation sites excluding steroid dienone is 4. The minimum absolute atomic E-state index is 0.00672. The van der Waals surface area contributed by atoms with E-state index in [1.165, 1.54) is 12.1 Å². The fourth-order valence-corrected chi connectivity index (χ4v) is 10.9. The van der Waals surface area contributed by atoms with Crippen molar-refractivity contribution in [1.29, 1.82) is 0 Å². The molecule has 0 spiro atoms. The molecule has 0 saturated heterocycles. The molecule has 2 aromatic rings. The number of carbonyl (C=O) groups is 1. The van der Waals surface area contributed by atoms with Crippen LogP contribution < -0.4 is 14.5 Å². The van der Waals surface area contributed by atoms with E-state index in [4.69, 9.17) is 66.7 Å². The number of hydrogen-bond donors (Lipinski definition) is 4. The Kier molecular flexibility index (Phi) is 35.2. The number of hydrogen-bond acceptors (Lipinski definition) is 22. The number of carboxylic acid groups (broad SMARTS) is 1. The Hall–Kier alpha value is -4.22. The molecule has 2 atom stereocenters. The molecular weight excluding hydrogens is 1220 g/mol. The molecule has 88 heavy (non-hydrogen) atoms. The Morgan fingerprint density at radius 1 is 0.625 bits per heavy atom. The van der Waals surface area contributed by atoms with Gasteiger partial charge in [0.25, 0.3) is 30.4 Å². The molecule has 2 aliphatic heterocycles. The summed E-state index contributed by atoms with van der Waals surface area (Å²) >= 11 is 0. The summed E-state index contributed by atoms with van der Waals surface area (Å²) in [7, 11) is -11.6. The summed E-state index contributed by atoms with van der Waals surface area (Å²) in [5, 5.41) is 8.63. The van der Waals surface area contributed by atoms with Crippen molar-refractivity contribution in [2.75, 3.05) is 200 Å². The summed E-state index contributed by atoms with van der Waals surface area (Å²) in [4.78, 5) is 14.1. The van der Waals surface area contributed by atoms with Crippen LogP contribution in [0, 0.1) is 5.41 Å². The van der Waals surface area contributed by atoms with Crippen LogP contribution in [0.15, 0.2) is 71.3 Å². The molecule has 0 amide bonds. The summed E-state index contributed by atoms with van der Waals surface area (Å²) in [6, 6.07) is 10.1. The zero-order valence-electron chi connectivity index (χ0n) is 51.6. The summed E-state index contributed by atoms with van der Waals surface area (Å²) in [6.45, 7) is 17.1. The van der Waals surface area contributed by atoms with Gasteiger partial charge in [-0.3, -0.25) is 18.5 Å². The van der Waals surface area contributed by atoms with E-state index in [9.17, 15) is 43.7 Å². The highest BCUT2D eigenvalue weighted by Crippen LogP contribution is 2.51. The Labute approximate surface area is 519 Å². The Bertz CT molecular complexity index is 2790. The maximum Gasteiger partial charge on any atom is 0.305 e. The van der Waals surface area contributed by atoms with E-state index in [0.717, 1.165) is 16.8 Å². The van der Waals surface area contributed by atoms with Crippen LogP contribution in [0.5, 0.6) is 5.75 Å². The summed E-state index contributed by atoms with van der Waals surface area (Å²) in [5.74, 6) is -1.33. The SMILES string of the molecule is COCCOCCOCCOCCOCCOCCN(CCCS(=O)(=O)O)c1ccc2c(c1)OC(/C=C/C=C1/N(CCOCCOCCOCCOCCOCCOCCC(=O)O)c3ccc(S(=O)(=O)O)cc3C1(C)CCCS(=O)(=O)O)C=C2C(C)(C)C. The maximum atomic E-state index is 12.5. The molecule has 4 N–H and O–H groups in total. The lowest BCUT2D eigenvalue weighted by Crippen LogP contribution is -2.31. The molecule has 26 nitrogen and oxygen atoms in total. The molecule has 0 saturated carbocycles. The maximum absolute atomic E-state index is 12.5. The zero-order chi connectivity index (χ0) is 64.3. The predicted molar refractivity (Wildman–Crippen MR) is 329 cm³/mol. The van der Waals surface area contributed by atoms with Crippen molar-refractivity contribution in [2.45, 2.75) is 69.8 Å². The van der Waals surface area contributed by atoms with Crippen LogP contribution in [0.1, 0.15) is 64.5 Å². The van der Waals surface area contributed by atoms with Gasteiger partial charge in [-0.2, -0.15) is 25.3 Å². The third-order valence-corrected chi connectivity index (χ3v) is 16.2. The normalized spacial score (nSPS) is 16.8. The third kappa shape index (κ3) is 30.3. The van der Waals surface area contributed by atoms with Crippen LogP contribution in [0.3, 0.4) is 0 Å². The second-order valence-corrected chi connectivity index (χ2v) is 26.1. The number of benzene rings is 2. The van der Waals surface area contributed by atoms with Gasteiger partial charge in [-0.05, 0) is 91.3 Å². The monoisotopic (exact) mass is 1310 g/mol. The number of methoxy groups -OCH3 is 1. The van der Waals surface area contributed by atoms with Crippen LogP contribution in [0.25, 0.3) is 5.57 Å². The number of anilines is 2. The minimum atomic E-state index is -4.65. The quantitative estimate of drug-likeness (QED) is 0.0476. The van der Waals surface area contributed by atoms with Crippen LogP contribution in [0.2, 0.25) is 0 Å². The first-order valence-corrected chi connectivity index (χ1v) is 34.1. The van der Waals surface area contributed by atoms with E-state index in [2.05, 4.69) is 20.8 Å². The van der Waals surface area contributed by atoms with E-state index in [-0.39, 0.29) is 82.1 Å². The molecule has 2 aliphatic rings. The average molecular weight is 1310 g/mol. The van der Waals surface area contributed by atoms with Crippen LogP contribution in [0.4, 0.5) is 11.4 Å². The largest absolute Gasteiger partial charge is 0.482 e. The third-order valence-electron chi connectivity index (χ3n) is 13.7. The molecule has 0 aliphatic carbocycles. The molecule has 2 heterocycles. The van der Waals surface area contributed by atoms with Crippen molar-refractivity contribution in [2.24, 2.45) is 5.41 Å². The van der Waals surface area contributed by atoms with Gasteiger partial charge >= 0.3 is 5.97 Å². The van der Waals surface area contributed by atoms with Crippen LogP contribution in [-0.2, 0) is 97.4 Å². The van der Waals surface area contributed by atoms with Crippen molar-refractivity contribution < 1.29 is 110 Å². The Balaban J connectivity index is 1.42.